The van der Waals surface area contributed by atoms with Gasteiger partial charge in [-0.1, -0.05) is 32.3 Å². The molecule has 3 nitrogen and oxygen atoms in total. The van der Waals surface area contributed by atoms with Crippen LogP contribution in [0.1, 0.15) is 55.7 Å². The number of aryl methyl sites for hydroxylation is 2. The molecule has 3 heteroatoms. The van der Waals surface area contributed by atoms with Crippen molar-refractivity contribution in [2.24, 2.45) is 0 Å². The third kappa shape index (κ3) is 2.34. The second-order valence-electron chi connectivity index (χ2n) is 5.60. The summed E-state index contributed by atoms with van der Waals surface area (Å²) in [6.45, 7) is 3.87. The number of hydrogen-bond donors (Lipinski definition) is 2. The van der Waals surface area contributed by atoms with Gasteiger partial charge in [0.2, 0.25) is 0 Å². The Kier molecular flexibility index (Phi) is 3.83. The Balaban J connectivity index is 2.56. The molecule has 0 aromatic heterocycles. The van der Waals surface area contributed by atoms with Gasteiger partial charge < -0.3 is 10.2 Å². The number of phenols is 1. The van der Waals surface area contributed by atoms with E-state index >= 15 is 0 Å². The maximum absolute atomic E-state index is 11.9. The molecule has 2 N–H and O–H groups in total. The van der Waals surface area contributed by atoms with Crippen LogP contribution in [0.4, 0.5) is 0 Å². The highest BCUT2D eigenvalue weighted by molar-refractivity contribution is 5.82. The quantitative estimate of drug-likeness (QED) is 0.875. The molecule has 1 aliphatic rings. The first-order valence-corrected chi connectivity index (χ1v) is 7.07. The van der Waals surface area contributed by atoms with Gasteiger partial charge in [0.15, 0.2) is 0 Å². The number of carboxylic acids is 1. The van der Waals surface area contributed by atoms with Crippen LogP contribution in [0.5, 0.6) is 5.75 Å². The van der Waals surface area contributed by atoms with Gasteiger partial charge in [-0.2, -0.15) is 0 Å². The summed E-state index contributed by atoms with van der Waals surface area (Å²) < 4.78 is 0. The summed E-state index contributed by atoms with van der Waals surface area (Å²) in [6, 6.07) is 3.62. The largest absolute Gasteiger partial charge is 0.508 e. The number of carbonyl (C=O) groups is 1. The molecule has 2 rings (SSSR count). The number of rotatable bonds is 3. The first-order valence-electron chi connectivity index (χ1n) is 7.07. The molecular formula is C16H22O3. The third-order valence-corrected chi connectivity index (χ3v) is 4.44. The smallest absolute Gasteiger partial charge is 0.314 e. The molecule has 0 radical (unpaired) electrons. The topological polar surface area (TPSA) is 57.5 Å². The molecule has 1 aliphatic carbocycles. The molecule has 1 saturated carbocycles. The zero-order chi connectivity index (χ0) is 14.0. The number of hydrogen-bond acceptors (Lipinski definition) is 2. The lowest BCUT2D eigenvalue weighted by atomic mass is 9.68. The van der Waals surface area contributed by atoms with Gasteiger partial charge in [-0.05, 0) is 48.9 Å². The summed E-state index contributed by atoms with van der Waals surface area (Å²) in [5, 5.41) is 19.6. The average molecular weight is 262 g/mol. The summed E-state index contributed by atoms with van der Waals surface area (Å²) in [5.74, 6) is -0.442. The van der Waals surface area contributed by atoms with Crippen molar-refractivity contribution in [1.82, 2.24) is 0 Å². The summed E-state index contributed by atoms with van der Waals surface area (Å²) in [6.07, 6.45) is 5.18. The van der Waals surface area contributed by atoms with Gasteiger partial charge in [0.1, 0.15) is 5.75 Å². The van der Waals surface area contributed by atoms with Crippen LogP contribution < -0.4 is 0 Å². The van der Waals surface area contributed by atoms with Crippen LogP contribution in [0.2, 0.25) is 0 Å². The first-order chi connectivity index (χ1) is 9.01. The molecule has 1 aromatic carbocycles. The van der Waals surface area contributed by atoms with Crippen molar-refractivity contribution < 1.29 is 15.0 Å². The van der Waals surface area contributed by atoms with Crippen molar-refractivity contribution in [2.75, 3.05) is 0 Å². The standard InChI is InChI=1S/C16H22O3/c1-3-12-10-13(11(2)9-14(12)17)16(15(18)19)7-5-4-6-8-16/h9-10,17H,3-8H2,1-2H3,(H,18,19). The predicted molar refractivity (Wildman–Crippen MR) is 74.6 cm³/mol. The van der Waals surface area contributed by atoms with E-state index < -0.39 is 11.4 Å². The molecule has 104 valence electrons. The Morgan fingerprint density at radius 3 is 2.42 bits per heavy atom. The summed E-state index contributed by atoms with van der Waals surface area (Å²) >= 11 is 0. The minimum atomic E-state index is -0.750. The van der Waals surface area contributed by atoms with Crippen LogP contribution in [0.25, 0.3) is 0 Å². The van der Waals surface area contributed by atoms with E-state index in [0.717, 1.165) is 42.4 Å². The minimum Gasteiger partial charge on any atom is -0.508 e. The molecule has 0 unspecified atom stereocenters. The molecule has 1 aromatic rings. The third-order valence-electron chi connectivity index (χ3n) is 4.44. The summed E-state index contributed by atoms with van der Waals surface area (Å²) in [5.41, 5.74) is 1.88. The van der Waals surface area contributed by atoms with Crippen molar-refractivity contribution in [2.45, 2.75) is 57.8 Å². The molecule has 0 amide bonds. The second kappa shape index (κ2) is 5.24. The number of benzene rings is 1. The van der Waals surface area contributed by atoms with Crippen molar-refractivity contribution in [3.05, 3.63) is 28.8 Å². The van der Waals surface area contributed by atoms with E-state index in [9.17, 15) is 15.0 Å². The van der Waals surface area contributed by atoms with E-state index in [1.807, 2.05) is 19.9 Å². The van der Waals surface area contributed by atoms with Crippen molar-refractivity contribution in [3.8, 4) is 5.75 Å². The molecule has 0 bridgehead atoms. The first kappa shape index (κ1) is 13.9. The number of aromatic hydroxyl groups is 1. The SMILES string of the molecule is CCc1cc(C2(C(=O)O)CCCCC2)c(C)cc1O. The molecule has 1 fully saturated rings. The van der Waals surface area contributed by atoms with Gasteiger partial charge in [-0.3, -0.25) is 4.79 Å². The molecule has 0 saturated heterocycles. The fraction of sp³-hybridized carbons (Fsp3) is 0.562. The van der Waals surface area contributed by atoms with E-state index in [4.69, 9.17) is 0 Å². The zero-order valence-corrected chi connectivity index (χ0v) is 11.7. The van der Waals surface area contributed by atoms with Gasteiger partial charge in [-0.15, -0.1) is 0 Å². The monoisotopic (exact) mass is 262 g/mol. The Bertz CT molecular complexity index is 485. The average Bonchev–Trinajstić information content (AvgIpc) is 2.39. The van der Waals surface area contributed by atoms with E-state index in [2.05, 4.69) is 0 Å². The predicted octanol–water partition coefficient (Wildman–Crippen LogP) is 3.55. The maximum atomic E-state index is 11.9. The van der Waals surface area contributed by atoms with Gasteiger partial charge in [-0.25, -0.2) is 0 Å². The normalized spacial score (nSPS) is 18.2. The number of phenolic OH excluding ortho intramolecular Hbond substituents is 1. The Hall–Kier alpha value is -1.51. The lowest BCUT2D eigenvalue weighted by molar-refractivity contribution is -0.145. The van der Waals surface area contributed by atoms with Crippen LogP contribution in [-0.4, -0.2) is 16.2 Å². The Morgan fingerprint density at radius 1 is 1.26 bits per heavy atom. The maximum Gasteiger partial charge on any atom is 0.314 e. The number of aliphatic carboxylic acids is 1. The van der Waals surface area contributed by atoms with Gasteiger partial charge in [0.05, 0.1) is 5.41 Å². The Labute approximate surface area is 114 Å². The van der Waals surface area contributed by atoms with Crippen LogP contribution in [0.3, 0.4) is 0 Å². The van der Waals surface area contributed by atoms with Gasteiger partial charge in [0.25, 0.3) is 0 Å². The summed E-state index contributed by atoms with van der Waals surface area (Å²) in [7, 11) is 0. The van der Waals surface area contributed by atoms with Gasteiger partial charge in [0, 0.05) is 0 Å². The van der Waals surface area contributed by atoms with Crippen molar-refractivity contribution in [1.29, 1.82) is 0 Å². The van der Waals surface area contributed by atoms with E-state index in [0.29, 0.717) is 12.8 Å². The number of carboxylic acid groups (broad SMARTS) is 1. The lowest BCUT2D eigenvalue weighted by Gasteiger charge is -2.35. The van der Waals surface area contributed by atoms with Crippen LogP contribution in [0, 0.1) is 6.92 Å². The summed E-state index contributed by atoms with van der Waals surface area (Å²) in [4.78, 5) is 11.9. The lowest BCUT2D eigenvalue weighted by Crippen LogP contribution is -2.38. The fourth-order valence-electron chi connectivity index (χ4n) is 3.29. The minimum absolute atomic E-state index is 0.278. The van der Waals surface area contributed by atoms with Crippen molar-refractivity contribution >= 4 is 5.97 Å². The highest BCUT2D eigenvalue weighted by Crippen LogP contribution is 2.42. The Morgan fingerprint density at radius 2 is 1.89 bits per heavy atom. The zero-order valence-electron chi connectivity index (χ0n) is 11.7. The van der Waals surface area contributed by atoms with Crippen LogP contribution >= 0.6 is 0 Å². The van der Waals surface area contributed by atoms with Gasteiger partial charge >= 0.3 is 5.97 Å². The molecule has 19 heavy (non-hydrogen) atoms. The highest BCUT2D eigenvalue weighted by atomic mass is 16.4. The molecular weight excluding hydrogens is 240 g/mol. The molecule has 0 aliphatic heterocycles. The van der Waals surface area contributed by atoms with Crippen LogP contribution in [0.15, 0.2) is 12.1 Å². The van der Waals surface area contributed by atoms with E-state index in [1.54, 1.807) is 6.07 Å². The second-order valence-corrected chi connectivity index (χ2v) is 5.60. The molecule has 0 spiro atoms. The van der Waals surface area contributed by atoms with E-state index in [-0.39, 0.29) is 5.75 Å². The van der Waals surface area contributed by atoms with Crippen molar-refractivity contribution in [3.63, 3.8) is 0 Å². The van der Waals surface area contributed by atoms with Crippen LogP contribution in [-0.2, 0) is 16.6 Å². The highest BCUT2D eigenvalue weighted by Gasteiger charge is 2.42. The fourth-order valence-corrected chi connectivity index (χ4v) is 3.29. The van der Waals surface area contributed by atoms with E-state index in [1.165, 1.54) is 0 Å². The molecule has 0 heterocycles. The molecule has 0 atom stereocenters.